The van der Waals surface area contributed by atoms with Crippen LogP contribution in [0, 0.1) is 6.92 Å². The molecule has 4 aromatic rings. The number of hydrogen-bond donors (Lipinski definition) is 2. The summed E-state index contributed by atoms with van der Waals surface area (Å²) in [5.74, 6) is 8.86. The standard InChI is InChI=1S/C23H23N7O3/c1-14-27-23(28-33-14)22-21-11-19(17(24)12-32-15-6-4-3-5-7-15)30(25)20-10-16(31-2)8-9-18(20)29(21)13-26-22/h3-10,13H,11-12,24-25H2,1-2H3/b19-17-. The highest BCUT2D eigenvalue weighted by molar-refractivity contribution is 5.71. The highest BCUT2D eigenvalue weighted by Crippen LogP contribution is 2.37. The molecule has 2 aromatic carbocycles. The van der Waals surface area contributed by atoms with Gasteiger partial charge in [0.15, 0.2) is 0 Å². The Morgan fingerprint density at radius 2 is 1.94 bits per heavy atom. The summed E-state index contributed by atoms with van der Waals surface area (Å²) in [6.45, 7) is 1.90. The van der Waals surface area contributed by atoms with Gasteiger partial charge in [-0.15, -0.1) is 0 Å². The predicted octanol–water partition coefficient (Wildman–Crippen LogP) is 2.72. The summed E-state index contributed by atoms with van der Waals surface area (Å²) >= 11 is 0. The van der Waals surface area contributed by atoms with Crippen LogP contribution >= 0.6 is 0 Å². The van der Waals surface area contributed by atoms with Crippen molar-refractivity contribution in [1.82, 2.24) is 19.7 Å². The largest absolute Gasteiger partial charge is 0.497 e. The molecule has 0 amide bonds. The molecule has 33 heavy (non-hydrogen) atoms. The van der Waals surface area contributed by atoms with Gasteiger partial charge in [-0.2, -0.15) is 4.98 Å². The fraction of sp³-hybridized carbons (Fsp3) is 0.174. The van der Waals surface area contributed by atoms with Crippen molar-refractivity contribution in [3.8, 4) is 28.7 Å². The Hall–Kier alpha value is -4.31. The Bertz CT molecular complexity index is 1330. The summed E-state index contributed by atoms with van der Waals surface area (Å²) in [5.41, 5.74) is 10.6. The normalized spacial score (nSPS) is 14.3. The molecule has 0 spiro atoms. The number of aromatic nitrogens is 4. The topological polar surface area (TPSA) is 130 Å². The Balaban J connectivity index is 1.62. The van der Waals surface area contributed by atoms with Crippen LogP contribution in [0.2, 0.25) is 0 Å². The molecule has 3 heterocycles. The molecule has 0 bridgehead atoms. The number of anilines is 1. The number of methoxy groups -OCH3 is 1. The van der Waals surface area contributed by atoms with Crippen LogP contribution < -0.4 is 26.1 Å². The first-order valence-electron chi connectivity index (χ1n) is 10.3. The zero-order valence-electron chi connectivity index (χ0n) is 18.2. The Kier molecular flexibility index (Phi) is 5.19. The van der Waals surface area contributed by atoms with Crippen LogP contribution in [0.5, 0.6) is 11.5 Å². The highest BCUT2D eigenvalue weighted by Gasteiger charge is 2.28. The minimum Gasteiger partial charge on any atom is -0.497 e. The molecule has 4 N–H and O–H groups in total. The van der Waals surface area contributed by atoms with Crippen molar-refractivity contribution in [3.63, 3.8) is 0 Å². The lowest BCUT2D eigenvalue weighted by Gasteiger charge is -2.24. The summed E-state index contributed by atoms with van der Waals surface area (Å²) in [6, 6.07) is 15.1. The maximum atomic E-state index is 6.62. The van der Waals surface area contributed by atoms with Gasteiger partial charge >= 0.3 is 0 Å². The zero-order chi connectivity index (χ0) is 22.9. The minimum absolute atomic E-state index is 0.164. The van der Waals surface area contributed by atoms with Crippen LogP contribution in [0.25, 0.3) is 17.2 Å². The lowest BCUT2D eigenvalue weighted by atomic mass is 10.1. The molecular weight excluding hydrogens is 422 g/mol. The molecule has 10 heteroatoms. The maximum absolute atomic E-state index is 6.62. The molecule has 168 valence electrons. The lowest BCUT2D eigenvalue weighted by Crippen LogP contribution is -2.34. The molecule has 5 rings (SSSR count). The average molecular weight is 445 g/mol. The van der Waals surface area contributed by atoms with Crippen LogP contribution in [-0.4, -0.2) is 33.4 Å². The van der Waals surface area contributed by atoms with Crippen LogP contribution in [0.15, 0.2) is 70.8 Å². The van der Waals surface area contributed by atoms with E-state index in [-0.39, 0.29) is 6.61 Å². The van der Waals surface area contributed by atoms with E-state index in [1.54, 1.807) is 25.4 Å². The van der Waals surface area contributed by atoms with Crippen LogP contribution in [0.4, 0.5) is 5.69 Å². The number of nitrogens with zero attached hydrogens (tertiary/aromatic N) is 5. The second-order valence-corrected chi connectivity index (χ2v) is 7.52. The molecule has 2 aromatic heterocycles. The number of para-hydroxylation sites is 1. The van der Waals surface area contributed by atoms with Crippen molar-refractivity contribution >= 4 is 5.69 Å². The molecule has 0 aliphatic carbocycles. The van der Waals surface area contributed by atoms with E-state index in [2.05, 4.69) is 15.1 Å². The van der Waals surface area contributed by atoms with Gasteiger partial charge in [0.1, 0.15) is 30.1 Å². The number of allylic oxidation sites excluding steroid dienone is 1. The van der Waals surface area contributed by atoms with Gasteiger partial charge in [0.05, 0.1) is 35.6 Å². The second kappa shape index (κ2) is 8.32. The molecule has 0 fully saturated rings. The Labute approximate surface area is 190 Å². The average Bonchev–Trinajstić information content (AvgIpc) is 3.43. The van der Waals surface area contributed by atoms with E-state index in [1.807, 2.05) is 53.1 Å². The predicted molar refractivity (Wildman–Crippen MR) is 122 cm³/mol. The van der Waals surface area contributed by atoms with Crippen LogP contribution in [0.3, 0.4) is 0 Å². The van der Waals surface area contributed by atoms with E-state index in [1.165, 1.54) is 0 Å². The summed E-state index contributed by atoms with van der Waals surface area (Å²) in [6.07, 6.45) is 2.09. The van der Waals surface area contributed by atoms with Crippen LogP contribution in [-0.2, 0) is 6.42 Å². The second-order valence-electron chi connectivity index (χ2n) is 7.52. The summed E-state index contributed by atoms with van der Waals surface area (Å²) < 4.78 is 18.4. The van der Waals surface area contributed by atoms with E-state index < -0.39 is 0 Å². The van der Waals surface area contributed by atoms with E-state index in [0.29, 0.717) is 52.4 Å². The van der Waals surface area contributed by atoms with Crippen LogP contribution in [0.1, 0.15) is 11.6 Å². The summed E-state index contributed by atoms with van der Waals surface area (Å²) in [5, 5.41) is 5.62. The molecule has 10 nitrogen and oxygen atoms in total. The number of hydrazine groups is 1. The highest BCUT2D eigenvalue weighted by atomic mass is 16.5. The number of benzene rings is 2. The SMILES string of the molecule is COc1ccc2c(c1)N(N)/C(=C(\N)COc1ccccc1)Cc1c(-c3noc(C)n3)ncn1-2. The van der Waals surface area contributed by atoms with E-state index >= 15 is 0 Å². The van der Waals surface area contributed by atoms with Crippen molar-refractivity contribution in [2.75, 3.05) is 18.7 Å². The first kappa shape index (κ1) is 20.6. The van der Waals surface area contributed by atoms with Gasteiger partial charge in [-0.3, -0.25) is 9.58 Å². The fourth-order valence-electron chi connectivity index (χ4n) is 3.78. The number of fused-ring (bicyclic) bond motifs is 3. The van der Waals surface area contributed by atoms with Gasteiger partial charge in [-0.05, 0) is 24.3 Å². The molecule has 0 unspecified atom stereocenters. The third-order valence-electron chi connectivity index (χ3n) is 5.44. The molecule has 1 aliphatic rings. The summed E-state index contributed by atoms with van der Waals surface area (Å²) in [4.78, 5) is 8.92. The molecule has 0 atom stereocenters. The van der Waals surface area contributed by atoms with Crippen molar-refractivity contribution in [3.05, 3.63) is 77.8 Å². The smallest absolute Gasteiger partial charge is 0.223 e. The number of aryl methyl sites for hydroxylation is 1. The van der Waals surface area contributed by atoms with E-state index in [0.717, 1.165) is 11.4 Å². The number of nitrogens with two attached hydrogens (primary N) is 2. The first-order chi connectivity index (χ1) is 16.0. The number of imidazole rings is 1. The number of hydrogen-bond acceptors (Lipinski definition) is 9. The fourth-order valence-corrected chi connectivity index (χ4v) is 3.78. The Morgan fingerprint density at radius 1 is 1.12 bits per heavy atom. The molecule has 0 saturated heterocycles. The van der Waals surface area contributed by atoms with Crippen molar-refractivity contribution in [2.24, 2.45) is 11.6 Å². The van der Waals surface area contributed by atoms with Gasteiger partial charge in [-0.25, -0.2) is 10.8 Å². The van der Waals surface area contributed by atoms with E-state index in [9.17, 15) is 0 Å². The van der Waals surface area contributed by atoms with Gasteiger partial charge in [0.25, 0.3) is 0 Å². The summed E-state index contributed by atoms with van der Waals surface area (Å²) in [7, 11) is 1.61. The monoisotopic (exact) mass is 445 g/mol. The molecule has 0 radical (unpaired) electrons. The van der Waals surface area contributed by atoms with Crippen molar-refractivity contribution in [2.45, 2.75) is 13.3 Å². The van der Waals surface area contributed by atoms with Crippen molar-refractivity contribution < 1.29 is 14.0 Å². The van der Waals surface area contributed by atoms with Gasteiger partial charge in [-0.1, -0.05) is 23.4 Å². The van der Waals surface area contributed by atoms with E-state index in [4.69, 9.17) is 25.6 Å². The third kappa shape index (κ3) is 3.76. The lowest BCUT2D eigenvalue weighted by molar-refractivity contribution is 0.348. The van der Waals surface area contributed by atoms with Crippen molar-refractivity contribution in [1.29, 1.82) is 0 Å². The van der Waals surface area contributed by atoms with Gasteiger partial charge in [0.2, 0.25) is 11.7 Å². The first-order valence-corrected chi connectivity index (χ1v) is 10.3. The minimum atomic E-state index is 0.164. The molecule has 0 saturated carbocycles. The molecule has 1 aliphatic heterocycles. The quantitative estimate of drug-likeness (QED) is 0.445. The van der Waals surface area contributed by atoms with Gasteiger partial charge in [0, 0.05) is 19.4 Å². The Morgan fingerprint density at radius 3 is 2.67 bits per heavy atom. The van der Waals surface area contributed by atoms with Gasteiger partial charge < -0.3 is 19.7 Å². The zero-order valence-corrected chi connectivity index (χ0v) is 18.2. The number of ether oxygens (including phenoxy) is 2. The number of rotatable bonds is 5. The molecular formula is C23H23N7O3. The third-order valence-corrected chi connectivity index (χ3v) is 5.44. The maximum Gasteiger partial charge on any atom is 0.223 e.